The van der Waals surface area contributed by atoms with Crippen LogP contribution in [0.4, 0.5) is 5.69 Å². The Morgan fingerprint density at radius 3 is 2.46 bits per heavy atom. The van der Waals surface area contributed by atoms with Crippen LogP contribution in [0.2, 0.25) is 0 Å². The molecule has 0 unspecified atom stereocenters. The molecule has 1 aromatic carbocycles. The van der Waals surface area contributed by atoms with E-state index >= 15 is 0 Å². The van der Waals surface area contributed by atoms with Gasteiger partial charge < -0.3 is 19.3 Å². The molecule has 2 amide bonds. The summed E-state index contributed by atoms with van der Waals surface area (Å²) in [5, 5.41) is 0. The molecule has 0 bridgehead atoms. The monoisotopic (exact) mass is 509 g/mol. The highest BCUT2D eigenvalue weighted by molar-refractivity contribution is 7.92. The van der Waals surface area contributed by atoms with Crippen LogP contribution in [-0.2, 0) is 19.6 Å². The summed E-state index contributed by atoms with van der Waals surface area (Å²) in [5.74, 6) is 0.239. The minimum atomic E-state index is -3.51. The largest absolute Gasteiger partial charge is 0.491 e. The number of likely N-dealkylation sites (N-methyl/N-ethyl adjacent to an activating group) is 1. The molecule has 3 atom stereocenters. The Bertz CT molecular complexity index is 1010. The number of benzene rings is 1. The Hall–Kier alpha value is -2.33. The number of anilines is 1. The van der Waals surface area contributed by atoms with E-state index in [-0.39, 0.29) is 53.7 Å². The van der Waals surface area contributed by atoms with Gasteiger partial charge in [0, 0.05) is 44.8 Å². The zero-order valence-corrected chi connectivity index (χ0v) is 22.3. The van der Waals surface area contributed by atoms with Gasteiger partial charge in [0.15, 0.2) is 0 Å². The maximum Gasteiger partial charge on any atom is 0.257 e. The van der Waals surface area contributed by atoms with Crippen LogP contribution in [0.25, 0.3) is 0 Å². The third-order valence-electron chi connectivity index (χ3n) is 6.99. The van der Waals surface area contributed by atoms with E-state index in [0.29, 0.717) is 18.8 Å². The first kappa shape index (κ1) is 27.3. The first-order valence-electron chi connectivity index (χ1n) is 12.3. The number of fused-ring (bicyclic) bond motifs is 1. The minimum absolute atomic E-state index is 0.0117. The average molecular weight is 510 g/mol. The number of rotatable bonds is 4. The molecule has 1 N–H and O–H groups in total. The fourth-order valence-electron chi connectivity index (χ4n) is 4.95. The van der Waals surface area contributed by atoms with Gasteiger partial charge in [0.05, 0.1) is 24.0 Å². The van der Waals surface area contributed by atoms with Crippen LogP contribution < -0.4 is 9.46 Å². The summed E-state index contributed by atoms with van der Waals surface area (Å²) in [6, 6.07) is 4.44. The van der Waals surface area contributed by atoms with Crippen molar-refractivity contribution in [2.45, 2.75) is 58.1 Å². The third-order valence-corrected chi connectivity index (χ3v) is 7.59. The van der Waals surface area contributed by atoms with Gasteiger partial charge in [-0.15, -0.1) is 0 Å². The van der Waals surface area contributed by atoms with Gasteiger partial charge in [0.25, 0.3) is 5.91 Å². The lowest BCUT2D eigenvalue weighted by atomic mass is 9.87. The molecular weight excluding hydrogens is 470 g/mol. The predicted octanol–water partition coefficient (Wildman–Crippen LogP) is 2.97. The normalized spacial score (nSPS) is 25.2. The minimum Gasteiger partial charge on any atom is -0.491 e. The molecule has 1 aliphatic carbocycles. The lowest BCUT2D eigenvalue weighted by Gasteiger charge is -2.38. The van der Waals surface area contributed by atoms with Crippen molar-refractivity contribution in [3.05, 3.63) is 23.8 Å². The molecule has 1 saturated carbocycles. The zero-order valence-electron chi connectivity index (χ0n) is 21.5. The summed E-state index contributed by atoms with van der Waals surface area (Å²) in [7, 11) is -0.211. The maximum absolute atomic E-state index is 13.6. The fraction of sp³-hybridized carbons (Fsp3) is 0.680. The highest BCUT2D eigenvalue weighted by Crippen LogP contribution is 2.29. The van der Waals surface area contributed by atoms with Crippen LogP contribution in [0.1, 0.15) is 56.3 Å². The number of carbonyl (C=O) groups excluding carboxylic acids is 2. The fourth-order valence-corrected chi connectivity index (χ4v) is 5.50. The average Bonchev–Trinajstić information content (AvgIpc) is 2.82. The first-order chi connectivity index (χ1) is 16.5. The van der Waals surface area contributed by atoms with E-state index in [2.05, 4.69) is 4.72 Å². The second-order valence-corrected chi connectivity index (χ2v) is 11.8. The molecule has 0 aromatic heterocycles. The molecule has 0 spiro atoms. The summed E-state index contributed by atoms with van der Waals surface area (Å²) in [6.45, 7) is 5.05. The van der Waals surface area contributed by atoms with Crippen LogP contribution >= 0.6 is 0 Å². The van der Waals surface area contributed by atoms with Crippen molar-refractivity contribution < 1.29 is 27.5 Å². The van der Waals surface area contributed by atoms with Crippen LogP contribution in [0, 0.1) is 11.8 Å². The van der Waals surface area contributed by atoms with Crippen molar-refractivity contribution in [2.75, 3.05) is 44.8 Å². The number of sulfonamides is 1. The summed E-state index contributed by atoms with van der Waals surface area (Å²) in [6.07, 6.45) is 5.95. The van der Waals surface area contributed by atoms with Gasteiger partial charge in [-0.2, -0.15) is 0 Å². The van der Waals surface area contributed by atoms with Crippen molar-refractivity contribution in [1.82, 2.24) is 9.80 Å². The quantitative estimate of drug-likeness (QED) is 0.669. The Labute approximate surface area is 209 Å². The van der Waals surface area contributed by atoms with E-state index < -0.39 is 10.0 Å². The standard InChI is InChI=1S/C25H39N3O6S/c1-17-14-28(24(29)19-9-7-6-8-10-19)18(2)16-34-22-12-11-20(26-35(5,31)32)13-21(22)25(30)27(3)15-23(17)33-4/h11-13,17-19,23,26H,6-10,14-16H2,1-5H3/t17-,18-,23-/m1/s1. The lowest BCUT2D eigenvalue weighted by Crippen LogP contribution is -2.50. The van der Waals surface area contributed by atoms with Crippen molar-refractivity contribution in [3.8, 4) is 5.75 Å². The molecule has 1 fully saturated rings. The molecule has 1 aromatic rings. The van der Waals surface area contributed by atoms with Crippen molar-refractivity contribution in [3.63, 3.8) is 0 Å². The van der Waals surface area contributed by atoms with Gasteiger partial charge in [-0.25, -0.2) is 8.42 Å². The molecule has 0 radical (unpaired) electrons. The summed E-state index contributed by atoms with van der Waals surface area (Å²) in [5.41, 5.74) is 0.532. The molecule has 0 saturated heterocycles. The van der Waals surface area contributed by atoms with Gasteiger partial charge in [0.2, 0.25) is 15.9 Å². The number of methoxy groups -OCH3 is 1. The van der Waals surface area contributed by atoms with E-state index in [1.54, 1.807) is 31.2 Å². The predicted molar refractivity (Wildman–Crippen MR) is 135 cm³/mol. The van der Waals surface area contributed by atoms with Gasteiger partial charge in [-0.3, -0.25) is 14.3 Å². The van der Waals surface area contributed by atoms with E-state index in [9.17, 15) is 18.0 Å². The van der Waals surface area contributed by atoms with E-state index in [1.807, 2.05) is 18.7 Å². The molecule has 35 heavy (non-hydrogen) atoms. The van der Waals surface area contributed by atoms with Gasteiger partial charge in [0.1, 0.15) is 12.4 Å². The van der Waals surface area contributed by atoms with Crippen molar-refractivity contribution in [2.24, 2.45) is 11.8 Å². The highest BCUT2D eigenvalue weighted by atomic mass is 32.2. The van der Waals surface area contributed by atoms with Crippen LogP contribution in [0.15, 0.2) is 18.2 Å². The Morgan fingerprint density at radius 2 is 1.83 bits per heavy atom. The van der Waals surface area contributed by atoms with Crippen molar-refractivity contribution >= 4 is 27.5 Å². The molecule has 9 nitrogen and oxygen atoms in total. The van der Waals surface area contributed by atoms with Crippen LogP contribution in [0.5, 0.6) is 5.75 Å². The summed E-state index contributed by atoms with van der Waals surface area (Å²) < 4.78 is 37.7. The smallest absolute Gasteiger partial charge is 0.257 e. The molecule has 1 aliphatic heterocycles. The third kappa shape index (κ3) is 7.10. The SMILES string of the molecule is CO[C@@H]1CN(C)C(=O)c2cc(NS(C)(=O)=O)ccc2OC[C@@H](C)N(C(=O)C2CCCCC2)C[C@H]1C. The number of ether oxygens (including phenoxy) is 2. The number of hydrogen-bond donors (Lipinski definition) is 1. The van der Waals surface area contributed by atoms with Crippen LogP contribution in [-0.4, -0.2) is 82.3 Å². The second kappa shape index (κ2) is 11.6. The number of nitrogens with zero attached hydrogens (tertiary/aromatic N) is 2. The second-order valence-electron chi connectivity index (χ2n) is 10.0. The molecule has 3 rings (SSSR count). The van der Waals surface area contributed by atoms with Gasteiger partial charge in [-0.1, -0.05) is 26.2 Å². The van der Waals surface area contributed by atoms with Gasteiger partial charge >= 0.3 is 0 Å². The van der Waals surface area contributed by atoms with E-state index in [1.165, 1.54) is 12.5 Å². The van der Waals surface area contributed by atoms with Gasteiger partial charge in [-0.05, 0) is 38.0 Å². The van der Waals surface area contributed by atoms with Crippen LogP contribution in [0.3, 0.4) is 0 Å². The highest BCUT2D eigenvalue weighted by Gasteiger charge is 2.33. The van der Waals surface area contributed by atoms with Crippen molar-refractivity contribution in [1.29, 1.82) is 0 Å². The number of carbonyl (C=O) groups is 2. The lowest BCUT2D eigenvalue weighted by molar-refractivity contribution is -0.141. The molecular formula is C25H39N3O6S. The van der Waals surface area contributed by atoms with E-state index in [4.69, 9.17) is 9.47 Å². The molecule has 10 heteroatoms. The Balaban J connectivity index is 1.95. The summed E-state index contributed by atoms with van der Waals surface area (Å²) in [4.78, 5) is 30.4. The zero-order chi connectivity index (χ0) is 25.8. The number of amides is 2. The molecule has 2 aliphatic rings. The molecule has 1 heterocycles. The topological polar surface area (TPSA) is 105 Å². The Morgan fingerprint density at radius 1 is 1.14 bits per heavy atom. The summed E-state index contributed by atoms with van der Waals surface area (Å²) >= 11 is 0. The number of hydrogen-bond acceptors (Lipinski definition) is 6. The molecule has 196 valence electrons. The van der Waals surface area contributed by atoms with E-state index in [0.717, 1.165) is 31.9 Å². The number of nitrogens with one attached hydrogen (secondary N) is 1. The first-order valence-corrected chi connectivity index (χ1v) is 14.2. The maximum atomic E-state index is 13.6. The Kier molecular flexibility index (Phi) is 9.04.